The SMILES string of the molecule is Cc1cc2occ(CC(=O)Nc3cccc(NC(=O)c4ccco4)c3)c2cc1C. The molecule has 0 saturated carbocycles. The van der Waals surface area contributed by atoms with Crippen molar-refractivity contribution in [3.05, 3.63) is 83.5 Å². The number of carbonyl (C=O) groups excluding carboxylic acids is 2. The van der Waals surface area contributed by atoms with Crippen molar-refractivity contribution in [3.8, 4) is 0 Å². The van der Waals surface area contributed by atoms with E-state index in [0.29, 0.717) is 11.4 Å². The van der Waals surface area contributed by atoms with E-state index in [2.05, 4.69) is 10.6 Å². The summed E-state index contributed by atoms with van der Waals surface area (Å²) in [6.45, 7) is 4.06. The number of nitrogens with one attached hydrogen (secondary N) is 2. The Labute approximate surface area is 167 Å². The van der Waals surface area contributed by atoms with Gasteiger partial charge in [-0.2, -0.15) is 0 Å². The van der Waals surface area contributed by atoms with Crippen LogP contribution in [0, 0.1) is 13.8 Å². The Morgan fingerprint density at radius 2 is 1.66 bits per heavy atom. The minimum absolute atomic E-state index is 0.166. The number of furan rings is 2. The number of benzene rings is 2. The molecule has 2 amide bonds. The zero-order valence-corrected chi connectivity index (χ0v) is 16.1. The van der Waals surface area contributed by atoms with Gasteiger partial charge in [-0.25, -0.2) is 0 Å². The summed E-state index contributed by atoms with van der Waals surface area (Å²) in [5.74, 6) is -0.300. The lowest BCUT2D eigenvalue weighted by molar-refractivity contribution is -0.115. The second kappa shape index (κ2) is 7.67. The van der Waals surface area contributed by atoms with E-state index in [0.717, 1.165) is 27.7 Å². The van der Waals surface area contributed by atoms with Crippen molar-refractivity contribution >= 4 is 34.2 Å². The van der Waals surface area contributed by atoms with Crippen LogP contribution < -0.4 is 10.6 Å². The summed E-state index contributed by atoms with van der Waals surface area (Å²) in [5, 5.41) is 6.55. The highest BCUT2D eigenvalue weighted by Crippen LogP contribution is 2.25. The van der Waals surface area contributed by atoms with Gasteiger partial charge in [-0.1, -0.05) is 6.07 Å². The van der Waals surface area contributed by atoms with Crippen molar-refractivity contribution in [2.24, 2.45) is 0 Å². The molecule has 4 aromatic rings. The van der Waals surface area contributed by atoms with Crippen LogP contribution in [0.1, 0.15) is 27.2 Å². The number of anilines is 2. The maximum Gasteiger partial charge on any atom is 0.291 e. The molecule has 29 heavy (non-hydrogen) atoms. The first-order valence-electron chi connectivity index (χ1n) is 9.22. The highest BCUT2D eigenvalue weighted by Gasteiger charge is 2.13. The molecule has 0 spiro atoms. The number of fused-ring (bicyclic) bond motifs is 1. The van der Waals surface area contributed by atoms with Crippen LogP contribution in [0.5, 0.6) is 0 Å². The van der Waals surface area contributed by atoms with E-state index >= 15 is 0 Å². The van der Waals surface area contributed by atoms with Crippen molar-refractivity contribution in [1.29, 1.82) is 0 Å². The molecule has 2 aromatic heterocycles. The Morgan fingerprint density at radius 3 is 2.41 bits per heavy atom. The van der Waals surface area contributed by atoms with Gasteiger partial charge in [0.15, 0.2) is 5.76 Å². The molecule has 0 aliphatic heterocycles. The molecule has 0 unspecified atom stereocenters. The van der Waals surface area contributed by atoms with Crippen molar-refractivity contribution in [2.45, 2.75) is 20.3 Å². The van der Waals surface area contributed by atoms with Crippen LogP contribution in [-0.2, 0) is 11.2 Å². The smallest absolute Gasteiger partial charge is 0.291 e. The quantitative estimate of drug-likeness (QED) is 0.499. The van der Waals surface area contributed by atoms with Crippen LogP contribution >= 0.6 is 0 Å². The van der Waals surface area contributed by atoms with Crippen LogP contribution in [-0.4, -0.2) is 11.8 Å². The maximum absolute atomic E-state index is 12.5. The number of amides is 2. The minimum Gasteiger partial charge on any atom is -0.464 e. The Kier molecular flexibility index (Phi) is 4.91. The van der Waals surface area contributed by atoms with Crippen molar-refractivity contribution in [3.63, 3.8) is 0 Å². The highest BCUT2D eigenvalue weighted by molar-refractivity contribution is 6.03. The molecule has 146 valence electrons. The molecule has 6 nitrogen and oxygen atoms in total. The lowest BCUT2D eigenvalue weighted by atomic mass is 10.0. The molecule has 6 heteroatoms. The van der Waals surface area contributed by atoms with E-state index in [9.17, 15) is 9.59 Å². The van der Waals surface area contributed by atoms with Crippen molar-refractivity contribution in [2.75, 3.05) is 10.6 Å². The highest BCUT2D eigenvalue weighted by atomic mass is 16.3. The molecule has 4 rings (SSSR count). The second-order valence-electron chi connectivity index (χ2n) is 6.93. The number of rotatable bonds is 5. The lowest BCUT2D eigenvalue weighted by Crippen LogP contribution is -2.15. The number of aryl methyl sites for hydroxylation is 2. The van der Waals surface area contributed by atoms with Gasteiger partial charge in [0.05, 0.1) is 18.9 Å². The Hall–Kier alpha value is -3.80. The van der Waals surface area contributed by atoms with Gasteiger partial charge in [-0.15, -0.1) is 0 Å². The molecule has 0 aliphatic rings. The van der Waals surface area contributed by atoms with E-state index < -0.39 is 0 Å². The van der Waals surface area contributed by atoms with Gasteiger partial charge in [-0.05, 0) is 67.4 Å². The predicted molar refractivity (Wildman–Crippen MR) is 111 cm³/mol. The summed E-state index contributed by atoms with van der Waals surface area (Å²) in [6.07, 6.45) is 3.26. The number of hydrogen-bond donors (Lipinski definition) is 2. The van der Waals surface area contributed by atoms with Gasteiger partial charge >= 0.3 is 0 Å². The first kappa shape index (κ1) is 18.6. The van der Waals surface area contributed by atoms with Crippen molar-refractivity contribution < 1.29 is 18.4 Å². The van der Waals surface area contributed by atoms with Gasteiger partial charge in [0, 0.05) is 22.3 Å². The van der Waals surface area contributed by atoms with Gasteiger partial charge in [0.25, 0.3) is 5.91 Å². The first-order valence-corrected chi connectivity index (χ1v) is 9.22. The Balaban J connectivity index is 1.45. The second-order valence-corrected chi connectivity index (χ2v) is 6.93. The fraction of sp³-hybridized carbons (Fsp3) is 0.130. The fourth-order valence-corrected chi connectivity index (χ4v) is 3.13. The third-order valence-electron chi connectivity index (χ3n) is 4.77. The molecule has 0 saturated heterocycles. The van der Waals surface area contributed by atoms with Gasteiger partial charge in [-0.3, -0.25) is 9.59 Å². The van der Waals surface area contributed by atoms with E-state index in [1.54, 1.807) is 42.7 Å². The fourth-order valence-electron chi connectivity index (χ4n) is 3.13. The number of hydrogen-bond acceptors (Lipinski definition) is 4. The summed E-state index contributed by atoms with van der Waals surface area (Å²) < 4.78 is 10.7. The average molecular weight is 388 g/mol. The average Bonchev–Trinajstić information content (AvgIpc) is 3.34. The molecule has 2 heterocycles. The van der Waals surface area contributed by atoms with Crippen LogP contribution in [0.2, 0.25) is 0 Å². The monoisotopic (exact) mass is 388 g/mol. The van der Waals surface area contributed by atoms with Gasteiger partial charge in [0.2, 0.25) is 5.91 Å². The lowest BCUT2D eigenvalue weighted by Gasteiger charge is -2.08. The molecule has 0 bridgehead atoms. The molecular weight excluding hydrogens is 368 g/mol. The van der Waals surface area contributed by atoms with Gasteiger partial charge < -0.3 is 19.5 Å². The molecule has 0 atom stereocenters. The summed E-state index contributed by atoms with van der Waals surface area (Å²) in [7, 11) is 0. The van der Waals surface area contributed by atoms with E-state index in [1.165, 1.54) is 6.26 Å². The largest absolute Gasteiger partial charge is 0.464 e. The molecule has 0 radical (unpaired) electrons. The van der Waals surface area contributed by atoms with Gasteiger partial charge in [0.1, 0.15) is 5.58 Å². The predicted octanol–water partition coefficient (Wildman–Crippen LogP) is 5.08. The van der Waals surface area contributed by atoms with E-state index in [4.69, 9.17) is 8.83 Å². The maximum atomic E-state index is 12.5. The Bertz CT molecular complexity index is 1190. The molecule has 2 aromatic carbocycles. The van der Waals surface area contributed by atoms with Crippen LogP contribution in [0.25, 0.3) is 11.0 Å². The van der Waals surface area contributed by atoms with Crippen molar-refractivity contribution in [1.82, 2.24) is 0 Å². The van der Waals surface area contributed by atoms with E-state index in [-0.39, 0.29) is 24.0 Å². The number of carbonyl (C=O) groups is 2. The minimum atomic E-state index is -0.353. The van der Waals surface area contributed by atoms with Crippen LogP contribution in [0.15, 0.2) is 69.9 Å². The Morgan fingerprint density at radius 1 is 0.897 bits per heavy atom. The van der Waals surface area contributed by atoms with Crippen LogP contribution in [0.3, 0.4) is 0 Å². The standard InChI is InChI=1S/C23H20N2O4/c1-14-9-19-16(13-29-21(19)10-15(14)2)11-22(26)24-17-5-3-6-18(12-17)25-23(27)20-7-4-8-28-20/h3-10,12-13H,11H2,1-2H3,(H,24,26)(H,25,27). The molecule has 0 fully saturated rings. The van der Waals surface area contributed by atoms with E-state index in [1.807, 2.05) is 26.0 Å². The summed E-state index contributed by atoms with van der Waals surface area (Å²) >= 11 is 0. The molecular formula is C23H20N2O4. The third kappa shape index (κ3) is 4.06. The topological polar surface area (TPSA) is 84.5 Å². The summed E-state index contributed by atoms with van der Waals surface area (Å²) in [5.41, 5.74) is 5.06. The zero-order valence-electron chi connectivity index (χ0n) is 16.1. The first-order chi connectivity index (χ1) is 14.0. The summed E-state index contributed by atoms with van der Waals surface area (Å²) in [6, 6.07) is 14.2. The molecule has 2 N–H and O–H groups in total. The molecule has 0 aliphatic carbocycles. The van der Waals surface area contributed by atoms with Crippen LogP contribution in [0.4, 0.5) is 11.4 Å². The normalized spacial score (nSPS) is 10.8. The third-order valence-corrected chi connectivity index (χ3v) is 4.77. The zero-order chi connectivity index (χ0) is 20.4. The summed E-state index contributed by atoms with van der Waals surface area (Å²) in [4.78, 5) is 24.6.